The van der Waals surface area contributed by atoms with Crippen LogP contribution >= 0.6 is 0 Å². The van der Waals surface area contributed by atoms with Crippen LogP contribution in [0.5, 0.6) is 0 Å². The van der Waals surface area contributed by atoms with Gasteiger partial charge in [-0.25, -0.2) is 4.79 Å². The van der Waals surface area contributed by atoms with Crippen LogP contribution in [0.4, 0.5) is 0 Å². The highest BCUT2D eigenvalue weighted by atomic mass is 16.5. The smallest absolute Gasteiger partial charge is 0.341 e. The van der Waals surface area contributed by atoms with Crippen LogP contribution in [0, 0.1) is 0 Å². The van der Waals surface area contributed by atoms with Gasteiger partial charge < -0.3 is 9.47 Å². The molecule has 5 nitrogen and oxygen atoms in total. The Morgan fingerprint density at radius 1 is 1.62 bits per heavy atom. The standard InChI is InChI=1S/C11H18N2O3/c1-5-8(2)16-7-10-9(11(14)15-4)6-12-13(10)3/h6,8H,5,7H2,1-4H3/t8-/m0/s1. The number of aryl methyl sites for hydroxylation is 1. The van der Waals surface area contributed by atoms with E-state index in [1.165, 1.54) is 13.3 Å². The molecule has 0 saturated heterocycles. The van der Waals surface area contributed by atoms with Gasteiger partial charge in [0.15, 0.2) is 0 Å². The Labute approximate surface area is 95.3 Å². The van der Waals surface area contributed by atoms with Crippen LogP contribution in [-0.2, 0) is 23.1 Å². The van der Waals surface area contributed by atoms with Crippen LogP contribution < -0.4 is 0 Å². The zero-order valence-corrected chi connectivity index (χ0v) is 10.2. The Hall–Kier alpha value is -1.36. The number of aromatic nitrogens is 2. The van der Waals surface area contributed by atoms with E-state index in [4.69, 9.17) is 4.74 Å². The fourth-order valence-corrected chi connectivity index (χ4v) is 1.25. The summed E-state index contributed by atoms with van der Waals surface area (Å²) in [6.07, 6.45) is 2.60. The number of hydrogen-bond acceptors (Lipinski definition) is 4. The van der Waals surface area contributed by atoms with Crippen molar-refractivity contribution in [2.45, 2.75) is 33.0 Å². The van der Waals surface area contributed by atoms with Gasteiger partial charge in [0.05, 0.1) is 31.7 Å². The number of ether oxygens (including phenoxy) is 2. The van der Waals surface area contributed by atoms with Crippen molar-refractivity contribution in [3.05, 3.63) is 17.5 Å². The van der Waals surface area contributed by atoms with E-state index in [0.717, 1.165) is 12.1 Å². The highest BCUT2D eigenvalue weighted by molar-refractivity contribution is 5.90. The monoisotopic (exact) mass is 226 g/mol. The Morgan fingerprint density at radius 2 is 2.31 bits per heavy atom. The van der Waals surface area contributed by atoms with Crippen LogP contribution in [0.15, 0.2) is 6.20 Å². The van der Waals surface area contributed by atoms with E-state index in [1.807, 2.05) is 6.92 Å². The van der Waals surface area contributed by atoms with Crippen LogP contribution in [0.3, 0.4) is 0 Å². The first-order chi connectivity index (χ1) is 7.60. The molecule has 0 aliphatic heterocycles. The minimum Gasteiger partial charge on any atom is -0.465 e. The molecule has 1 heterocycles. The number of esters is 1. The molecule has 1 aromatic heterocycles. The molecular weight excluding hydrogens is 208 g/mol. The largest absolute Gasteiger partial charge is 0.465 e. The Kier molecular flexibility index (Phi) is 4.49. The predicted octanol–water partition coefficient (Wildman–Crippen LogP) is 1.52. The van der Waals surface area contributed by atoms with E-state index in [2.05, 4.69) is 16.8 Å². The lowest BCUT2D eigenvalue weighted by atomic mass is 10.2. The first kappa shape index (κ1) is 12.7. The molecule has 0 saturated carbocycles. The van der Waals surface area contributed by atoms with Crippen molar-refractivity contribution in [3.63, 3.8) is 0 Å². The zero-order valence-electron chi connectivity index (χ0n) is 10.2. The molecular formula is C11H18N2O3. The van der Waals surface area contributed by atoms with E-state index in [9.17, 15) is 4.79 Å². The summed E-state index contributed by atoms with van der Waals surface area (Å²) in [5.41, 5.74) is 1.21. The van der Waals surface area contributed by atoms with Crippen LogP contribution in [-0.4, -0.2) is 29.0 Å². The van der Waals surface area contributed by atoms with Gasteiger partial charge in [0.25, 0.3) is 0 Å². The molecule has 0 fully saturated rings. The third-order valence-electron chi connectivity index (χ3n) is 2.55. The Morgan fingerprint density at radius 3 is 2.88 bits per heavy atom. The number of rotatable bonds is 5. The molecule has 0 aromatic carbocycles. The van der Waals surface area contributed by atoms with Crippen molar-refractivity contribution in [1.82, 2.24) is 9.78 Å². The maximum absolute atomic E-state index is 11.4. The van der Waals surface area contributed by atoms with Crippen molar-refractivity contribution in [3.8, 4) is 0 Å². The van der Waals surface area contributed by atoms with Crippen LogP contribution in [0.2, 0.25) is 0 Å². The quantitative estimate of drug-likeness (QED) is 0.714. The van der Waals surface area contributed by atoms with Gasteiger partial charge in [0.2, 0.25) is 0 Å². The van der Waals surface area contributed by atoms with Crippen LogP contribution in [0.25, 0.3) is 0 Å². The predicted molar refractivity (Wildman–Crippen MR) is 59.1 cm³/mol. The molecule has 5 heteroatoms. The molecule has 0 unspecified atom stereocenters. The third kappa shape index (κ3) is 2.82. The normalized spacial score (nSPS) is 12.5. The van der Waals surface area contributed by atoms with Crippen molar-refractivity contribution in [1.29, 1.82) is 0 Å². The number of carbonyl (C=O) groups is 1. The zero-order chi connectivity index (χ0) is 12.1. The molecule has 90 valence electrons. The van der Waals surface area contributed by atoms with Gasteiger partial charge in [-0.05, 0) is 13.3 Å². The molecule has 1 aromatic rings. The molecule has 1 atom stereocenters. The lowest BCUT2D eigenvalue weighted by Crippen LogP contribution is -2.12. The summed E-state index contributed by atoms with van der Waals surface area (Å²) < 4.78 is 11.9. The SMILES string of the molecule is CC[C@H](C)OCc1c(C(=O)OC)cnn1C. The van der Waals surface area contributed by atoms with Gasteiger partial charge in [-0.1, -0.05) is 6.92 Å². The van der Waals surface area contributed by atoms with E-state index < -0.39 is 0 Å². The first-order valence-electron chi connectivity index (χ1n) is 5.30. The van der Waals surface area contributed by atoms with Gasteiger partial charge in [0, 0.05) is 7.05 Å². The first-order valence-corrected chi connectivity index (χ1v) is 5.30. The molecule has 1 rings (SSSR count). The number of carbonyl (C=O) groups excluding carboxylic acids is 1. The summed E-state index contributed by atoms with van der Waals surface area (Å²) in [4.78, 5) is 11.4. The van der Waals surface area contributed by atoms with E-state index in [0.29, 0.717) is 12.2 Å². The summed E-state index contributed by atoms with van der Waals surface area (Å²) in [5.74, 6) is -0.379. The maximum Gasteiger partial charge on any atom is 0.341 e. The fourth-order valence-electron chi connectivity index (χ4n) is 1.25. The fraction of sp³-hybridized carbons (Fsp3) is 0.636. The third-order valence-corrected chi connectivity index (χ3v) is 2.55. The summed E-state index contributed by atoms with van der Waals surface area (Å²) >= 11 is 0. The summed E-state index contributed by atoms with van der Waals surface area (Å²) in [6.45, 7) is 4.42. The minimum atomic E-state index is -0.379. The number of nitrogens with zero attached hydrogens (tertiary/aromatic N) is 2. The van der Waals surface area contributed by atoms with Gasteiger partial charge in [-0.2, -0.15) is 5.10 Å². The van der Waals surface area contributed by atoms with Gasteiger partial charge >= 0.3 is 5.97 Å². The molecule has 0 aliphatic rings. The highest BCUT2D eigenvalue weighted by Crippen LogP contribution is 2.12. The highest BCUT2D eigenvalue weighted by Gasteiger charge is 2.17. The second-order valence-corrected chi connectivity index (χ2v) is 3.65. The molecule has 0 N–H and O–H groups in total. The molecule has 0 amide bonds. The summed E-state index contributed by atoms with van der Waals surface area (Å²) in [6, 6.07) is 0. The second-order valence-electron chi connectivity index (χ2n) is 3.65. The summed E-state index contributed by atoms with van der Waals surface area (Å²) in [5, 5.41) is 4.03. The summed E-state index contributed by atoms with van der Waals surface area (Å²) in [7, 11) is 3.14. The average Bonchev–Trinajstić information content (AvgIpc) is 2.66. The van der Waals surface area contributed by atoms with E-state index in [1.54, 1.807) is 11.7 Å². The molecule has 0 aliphatic carbocycles. The van der Waals surface area contributed by atoms with E-state index >= 15 is 0 Å². The molecule has 0 bridgehead atoms. The lowest BCUT2D eigenvalue weighted by molar-refractivity contribution is 0.0442. The van der Waals surface area contributed by atoms with Crippen molar-refractivity contribution in [2.24, 2.45) is 7.05 Å². The lowest BCUT2D eigenvalue weighted by Gasteiger charge is -2.11. The Bertz CT molecular complexity index is 360. The topological polar surface area (TPSA) is 53.4 Å². The number of hydrogen-bond donors (Lipinski definition) is 0. The van der Waals surface area contributed by atoms with Gasteiger partial charge in [-0.3, -0.25) is 4.68 Å². The van der Waals surface area contributed by atoms with Crippen LogP contribution in [0.1, 0.15) is 36.3 Å². The second kappa shape index (κ2) is 5.65. The number of methoxy groups -OCH3 is 1. The Balaban J connectivity index is 2.77. The van der Waals surface area contributed by atoms with Crippen molar-refractivity contribution in [2.75, 3.05) is 7.11 Å². The van der Waals surface area contributed by atoms with Crippen molar-refractivity contribution < 1.29 is 14.3 Å². The minimum absolute atomic E-state index is 0.167. The molecule has 0 radical (unpaired) electrons. The van der Waals surface area contributed by atoms with Gasteiger partial charge in [0.1, 0.15) is 5.56 Å². The van der Waals surface area contributed by atoms with Crippen molar-refractivity contribution >= 4 is 5.97 Å². The molecule has 0 spiro atoms. The van der Waals surface area contributed by atoms with Gasteiger partial charge in [-0.15, -0.1) is 0 Å². The maximum atomic E-state index is 11.4. The van der Waals surface area contributed by atoms with E-state index in [-0.39, 0.29) is 12.1 Å². The average molecular weight is 226 g/mol. The molecule has 16 heavy (non-hydrogen) atoms.